The van der Waals surface area contributed by atoms with E-state index >= 15 is 0 Å². The van der Waals surface area contributed by atoms with Crippen molar-refractivity contribution in [3.05, 3.63) is 17.0 Å². The van der Waals surface area contributed by atoms with Crippen LogP contribution in [0.2, 0.25) is 0 Å². The molecule has 2 N–H and O–H groups in total. The zero-order valence-corrected chi connectivity index (χ0v) is 20.0. The Balaban J connectivity index is 0.00000364. The summed E-state index contributed by atoms with van der Waals surface area (Å²) in [5.41, 5.74) is 3.47. The van der Waals surface area contributed by atoms with E-state index < -0.39 is 0 Å². The van der Waals surface area contributed by atoms with Crippen LogP contribution >= 0.6 is 24.0 Å². The fraction of sp³-hybridized carbons (Fsp3) is 0.789. The predicted octanol–water partition coefficient (Wildman–Crippen LogP) is 1.74. The molecule has 7 nitrogen and oxygen atoms in total. The third-order valence-electron chi connectivity index (χ3n) is 5.15. The standard InChI is InChI=1S/C19H37N7.HI/c1-6-20-19(22-15-18-16(2)23-25(5)17(18)3)21-9-7-11-26-12-8-10-24(4)13-14-26;/h6-15H2,1-5H3,(H2,20,21,22);1H. The number of nitrogens with zero attached hydrogens (tertiary/aromatic N) is 5. The Morgan fingerprint density at radius 3 is 2.56 bits per heavy atom. The zero-order chi connectivity index (χ0) is 18.9. The summed E-state index contributed by atoms with van der Waals surface area (Å²) < 4.78 is 1.93. The Hall–Kier alpha value is -0.870. The van der Waals surface area contributed by atoms with Crippen LogP contribution < -0.4 is 10.6 Å². The van der Waals surface area contributed by atoms with Crippen molar-refractivity contribution in [3.63, 3.8) is 0 Å². The highest BCUT2D eigenvalue weighted by Gasteiger charge is 2.12. The van der Waals surface area contributed by atoms with Crippen LogP contribution in [0.1, 0.15) is 36.7 Å². The average Bonchev–Trinajstić information content (AvgIpc) is 2.76. The van der Waals surface area contributed by atoms with E-state index in [4.69, 9.17) is 4.99 Å². The maximum absolute atomic E-state index is 4.75. The van der Waals surface area contributed by atoms with Crippen LogP contribution in [-0.4, -0.2) is 78.4 Å². The van der Waals surface area contributed by atoms with Crippen LogP contribution in [0.4, 0.5) is 0 Å². The van der Waals surface area contributed by atoms with Gasteiger partial charge in [-0.3, -0.25) is 4.68 Å². The maximum Gasteiger partial charge on any atom is 0.191 e. The van der Waals surface area contributed by atoms with Gasteiger partial charge in [-0.25, -0.2) is 4.99 Å². The molecule has 0 amide bonds. The molecule has 8 heteroatoms. The number of likely N-dealkylation sites (N-methyl/N-ethyl adjacent to an activating group) is 1. The molecule has 0 radical (unpaired) electrons. The first-order valence-corrected chi connectivity index (χ1v) is 9.93. The predicted molar refractivity (Wildman–Crippen MR) is 124 cm³/mol. The van der Waals surface area contributed by atoms with Crippen molar-refractivity contribution < 1.29 is 0 Å². The number of hydrogen-bond acceptors (Lipinski definition) is 4. The summed E-state index contributed by atoms with van der Waals surface area (Å²) in [5.74, 6) is 0.894. The minimum Gasteiger partial charge on any atom is -0.357 e. The van der Waals surface area contributed by atoms with Gasteiger partial charge in [0.25, 0.3) is 0 Å². The summed E-state index contributed by atoms with van der Waals surface area (Å²) in [6.45, 7) is 14.7. The fourth-order valence-electron chi connectivity index (χ4n) is 3.38. The Morgan fingerprint density at radius 1 is 1.11 bits per heavy atom. The van der Waals surface area contributed by atoms with Gasteiger partial charge in [-0.1, -0.05) is 0 Å². The van der Waals surface area contributed by atoms with Crippen molar-refractivity contribution in [2.24, 2.45) is 12.0 Å². The van der Waals surface area contributed by atoms with E-state index in [1.54, 1.807) is 0 Å². The molecule has 156 valence electrons. The number of halogens is 1. The van der Waals surface area contributed by atoms with Crippen molar-refractivity contribution in [2.75, 3.05) is 52.9 Å². The SMILES string of the molecule is CCNC(=NCc1c(C)nn(C)c1C)NCCCN1CCCN(C)CC1.I. The van der Waals surface area contributed by atoms with Crippen LogP contribution in [0, 0.1) is 13.8 Å². The number of aromatic nitrogens is 2. The lowest BCUT2D eigenvalue weighted by molar-refractivity contribution is 0.274. The average molecular weight is 491 g/mol. The molecule has 1 fully saturated rings. The summed E-state index contributed by atoms with van der Waals surface area (Å²) in [7, 11) is 4.20. The molecule has 0 bridgehead atoms. The van der Waals surface area contributed by atoms with Gasteiger partial charge in [0, 0.05) is 44.5 Å². The molecule has 2 rings (SSSR count). The summed E-state index contributed by atoms with van der Waals surface area (Å²) in [6, 6.07) is 0. The van der Waals surface area contributed by atoms with Gasteiger partial charge in [0.2, 0.25) is 0 Å². The second-order valence-electron chi connectivity index (χ2n) is 7.25. The van der Waals surface area contributed by atoms with Crippen LogP contribution in [0.5, 0.6) is 0 Å². The lowest BCUT2D eigenvalue weighted by atomic mass is 10.2. The number of nitrogens with one attached hydrogen (secondary N) is 2. The number of hydrogen-bond donors (Lipinski definition) is 2. The third kappa shape index (κ3) is 7.95. The van der Waals surface area contributed by atoms with Gasteiger partial charge in [0.05, 0.1) is 12.2 Å². The molecule has 0 atom stereocenters. The largest absolute Gasteiger partial charge is 0.357 e. The number of rotatable bonds is 7. The van der Waals surface area contributed by atoms with Crippen LogP contribution in [0.3, 0.4) is 0 Å². The van der Waals surface area contributed by atoms with Gasteiger partial charge in [0.15, 0.2) is 5.96 Å². The number of aliphatic imine (C=N–C) groups is 1. The van der Waals surface area contributed by atoms with Crippen molar-refractivity contribution in [2.45, 2.75) is 40.2 Å². The first-order valence-electron chi connectivity index (χ1n) is 9.93. The smallest absolute Gasteiger partial charge is 0.191 e. The molecule has 0 spiro atoms. The molecule has 0 saturated carbocycles. The first-order chi connectivity index (χ1) is 12.5. The molecule has 0 aromatic carbocycles. The number of guanidine groups is 1. The molecule has 27 heavy (non-hydrogen) atoms. The molecular weight excluding hydrogens is 453 g/mol. The highest BCUT2D eigenvalue weighted by Crippen LogP contribution is 2.12. The summed E-state index contributed by atoms with van der Waals surface area (Å²) in [4.78, 5) is 9.76. The Bertz CT molecular complexity index is 585. The second-order valence-corrected chi connectivity index (χ2v) is 7.25. The monoisotopic (exact) mass is 491 g/mol. The van der Waals surface area contributed by atoms with Gasteiger partial charge in [-0.05, 0) is 60.3 Å². The first kappa shape index (κ1) is 24.2. The highest BCUT2D eigenvalue weighted by molar-refractivity contribution is 14.0. The van der Waals surface area contributed by atoms with Crippen LogP contribution in [-0.2, 0) is 13.6 Å². The lowest BCUT2D eigenvalue weighted by Crippen LogP contribution is -2.39. The van der Waals surface area contributed by atoms with Crippen molar-refractivity contribution in [1.29, 1.82) is 0 Å². The minimum atomic E-state index is 0. The summed E-state index contributed by atoms with van der Waals surface area (Å²) in [6.07, 6.45) is 2.41. The van der Waals surface area contributed by atoms with Gasteiger partial charge in [0.1, 0.15) is 0 Å². The van der Waals surface area contributed by atoms with Crippen molar-refractivity contribution in [3.8, 4) is 0 Å². The van der Waals surface area contributed by atoms with E-state index in [0.29, 0.717) is 6.54 Å². The molecule has 1 aromatic rings. The van der Waals surface area contributed by atoms with E-state index in [2.05, 4.69) is 53.4 Å². The van der Waals surface area contributed by atoms with Gasteiger partial charge in [-0.2, -0.15) is 5.10 Å². The van der Waals surface area contributed by atoms with Gasteiger partial charge >= 0.3 is 0 Å². The van der Waals surface area contributed by atoms with Crippen molar-refractivity contribution >= 4 is 29.9 Å². The molecule has 1 aliphatic heterocycles. The Morgan fingerprint density at radius 2 is 1.89 bits per heavy atom. The van der Waals surface area contributed by atoms with Gasteiger partial charge in [-0.15, -0.1) is 24.0 Å². The second kappa shape index (κ2) is 12.6. The minimum absolute atomic E-state index is 0. The molecule has 0 aliphatic carbocycles. The van der Waals surface area contributed by atoms with E-state index in [1.807, 2.05) is 11.7 Å². The lowest BCUT2D eigenvalue weighted by Gasteiger charge is -2.20. The molecule has 0 unspecified atom stereocenters. The van der Waals surface area contributed by atoms with E-state index in [0.717, 1.165) is 37.7 Å². The molecule has 2 heterocycles. The van der Waals surface area contributed by atoms with E-state index in [-0.39, 0.29) is 24.0 Å². The molecule has 1 aliphatic rings. The maximum atomic E-state index is 4.75. The topological polar surface area (TPSA) is 60.7 Å². The van der Waals surface area contributed by atoms with Crippen LogP contribution in [0.25, 0.3) is 0 Å². The van der Waals surface area contributed by atoms with Crippen molar-refractivity contribution in [1.82, 2.24) is 30.2 Å². The quantitative estimate of drug-likeness (QED) is 0.264. The van der Waals surface area contributed by atoms with Gasteiger partial charge < -0.3 is 20.4 Å². The summed E-state index contributed by atoms with van der Waals surface area (Å²) in [5, 5.41) is 11.3. The summed E-state index contributed by atoms with van der Waals surface area (Å²) >= 11 is 0. The Kier molecular flexibility index (Phi) is 11.2. The molecule has 1 saturated heterocycles. The third-order valence-corrected chi connectivity index (χ3v) is 5.15. The fourth-order valence-corrected chi connectivity index (χ4v) is 3.38. The zero-order valence-electron chi connectivity index (χ0n) is 17.7. The highest BCUT2D eigenvalue weighted by atomic mass is 127. The van der Waals surface area contributed by atoms with E-state index in [9.17, 15) is 0 Å². The Labute approximate surface area is 182 Å². The molecular formula is C19H38IN7. The van der Waals surface area contributed by atoms with E-state index in [1.165, 1.54) is 43.9 Å². The normalized spacial score (nSPS) is 16.7. The van der Waals surface area contributed by atoms with Crippen LogP contribution in [0.15, 0.2) is 4.99 Å². The molecule has 1 aromatic heterocycles. The number of aryl methyl sites for hydroxylation is 2.